The largest absolute Gasteiger partial charge is 0.493 e. The lowest BCUT2D eigenvalue weighted by Crippen LogP contribution is -2.37. The SMILES string of the molecule is CCC(C)Sc1nc2c(c(=O)[nH]1)C(c1ccc(OC)c(OC)c1)C1=C(CC(C)(C)CC1=O)N2. The molecule has 2 unspecified atom stereocenters. The molecule has 7 nitrogen and oxygen atoms in total. The third kappa shape index (κ3) is 4.40. The molecule has 2 atom stereocenters. The number of aromatic amines is 1. The van der Waals surface area contributed by atoms with Gasteiger partial charge in [-0.05, 0) is 36.0 Å². The number of H-pyrrole nitrogens is 1. The standard InChI is InChI=1S/C25H31N3O4S/c1-7-13(2)33-24-27-22-21(23(30)28-24)19(14-8-9-17(31-5)18(10-14)32-6)20-15(26-22)11-25(3,4)12-16(20)29/h8-10,13,19H,7,11-12H2,1-6H3,(H2,26,27,28,30). The Balaban J connectivity index is 1.92. The Morgan fingerprint density at radius 2 is 1.91 bits per heavy atom. The third-order valence-corrected chi connectivity index (χ3v) is 7.48. The molecule has 2 aromatic rings. The van der Waals surface area contributed by atoms with Crippen LogP contribution in [0.25, 0.3) is 0 Å². The Kier molecular flexibility index (Phi) is 6.31. The Hall–Kier alpha value is -2.74. The highest BCUT2D eigenvalue weighted by molar-refractivity contribution is 7.99. The summed E-state index contributed by atoms with van der Waals surface area (Å²) in [5, 5.41) is 4.27. The number of rotatable bonds is 6. The average Bonchev–Trinajstić information content (AvgIpc) is 2.76. The minimum absolute atomic E-state index is 0.0524. The summed E-state index contributed by atoms with van der Waals surface area (Å²) >= 11 is 1.54. The van der Waals surface area contributed by atoms with Crippen molar-refractivity contribution in [1.82, 2.24) is 9.97 Å². The van der Waals surface area contributed by atoms with E-state index in [1.807, 2.05) is 18.2 Å². The molecule has 33 heavy (non-hydrogen) atoms. The van der Waals surface area contributed by atoms with E-state index in [0.29, 0.717) is 51.7 Å². The van der Waals surface area contributed by atoms with Crippen LogP contribution >= 0.6 is 11.8 Å². The second-order valence-electron chi connectivity index (χ2n) is 9.48. The van der Waals surface area contributed by atoms with Crippen LogP contribution < -0.4 is 20.3 Å². The highest BCUT2D eigenvalue weighted by Gasteiger charge is 2.42. The van der Waals surface area contributed by atoms with Crippen molar-refractivity contribution in [2.75, 3.05) is 19.5 Å². The van der Waals surface area contributed by atoms with Crippen LogP contribution in [0.4, 0.5) is 5.82 Å². The van der Waals surface area contributed by atoms with E-state index in [4.69, 9.17) is 14.5 Å². The third-order valence-electron chi connectivity index (χ3n) is 6.33. The number of hydrogen-bond acceptors (Lipinski definition) is 7. The number of carbonyl (C=O) groups is 1. The fraction of sp³-hybridized carbons (Fsp3) is 0.480. The summed E-state index contributed by atoms with van der Waals surface area (Å²) in [6, 6.07) is 5.54. The summed E-state index contributed by atoms with van der Waals surface area (Å²) in [6.07, 6.45) is 2.10. The first-order valence-electron chi connectivity index (χ1n) is 11.2. The second-order valence-corrected chi connectivity index (χ2v) is 10.9. The van der Waals surface area contributed by atoms with Crippen molar-refractivity contribution >= 4 is 23.4 Å². The lowest BCUT2D eigenvalue weighted by Gasteiger charge is -2.38. The first-order chi connectivity index (χ1) is 15.7. The number of hydrogen-bond donors (Lipinski definition) is 2. The molecule has 2 N–H and O–H groups in total. The summed E-state index contributed by atoms with van der Waals surface area (Å²) < 4.78 is 10.9. The molecule has 8 heteroatoms. The number of thioether (sulfide) groups is 1. The van der Waals surface area contributed by atoms with Crippen LogP contribution in [-0.4, -0.2) is 35.2 Å². The van der Waals surface area contributed by atoms with Crippen molar-refractivity contribution in [1.29, 1.82) is 0 Å². The highest BCUT2D eigenvalue weighted by atomic mass is 32.2. The maximum Gasteiger partial charge on any atom is 0.257 e. The Labute approximate surface area is 198 Å². The number of benzene rings is 1. The zero-order chi connectivity index (χ0) is 23.9. The molecule has 4 rings (SSSR count). The van der Waals surface area contributed by atoms with Crippen LogP contribution in [0.15, 0.2) is 39.4 Å². The molecule has 0 saturated carbocycles. The van der Waals surface area contributed by atoms with Gasteiger partial charge in [0.15, 0.2) is 22.4 Å². The predicted molar refractivity (Wildman–Crippen MR) is 131 cm³/mol. The van der Waals surface area contributed by atoms with Gasteiger partial charge >= 0.3 is 0 Å². The van der Waals surface area contributed by atoms with E-state index in [1.165, 1.54) is 0 Å². The topological polar surface area (TPSA) is 93.3 Å². The fourth-order valence-corrected chi connectivity index (χ4v) is 5.43. The van der Waals surface area contributed by atoms with Gasteiger partial charge in [-0.3, -0.25) is 9.59 Å². The van der Waals surface area contributed by atoms with Gasteiger partial charge < -0.3 is 19.8 Å². The van der Waals surface area contributed by atoms with Crippen molar-refractivity contribution in [2.24, 2.45) is 5.41 Å². The van der Waals surface area contributed by atoms with Crippen molar-refractivity contribution in [3.05, 3.63) is 50.9 Å². The zero-order valence-electron chi connectivity index (χ0n) is 20.0. The van der Waals surface area contributed by atoms with Crippen molar-refractivity contribution in [3.63, 3.8) is 0 Å². The number of ketones is 1. The van der Waals surface area contributed by atoms with Gasteiger partial charge in [0.25, 0.3) is 5.56 Å². The van der Waals surface area contributed by atoms with Gasteiger partial charge in [0.1, 0.15) is 5.82 Å². The molecule has 1 aromatic carbocycles. The Morgan fingerprint density at radius 3 is 2.58 bits per heavy atom. The van der Waals surface area contributed by atoms with Gasteiger partial charge in [-0.2, -0.15) is 0 Å². The molecular formula is C25H31N3O4S. The number of aromatic nitrogens is 2. The molecule has 0 fully saturated rings. The molecule has 0 saturated heterocycles. The maximum atomic E-state index is 13.4. The molecule has 1 aliphatic heterocycles. The van der Waals surface area contributed by atoms with Crippen LogP contribution in [0.1, 0.15) is 64.0 Å². The number of nitrogens with zero attached hydrogens (tertiary/aromatic N) is 1. The summed E-state index contributed by atoms with van der Waals surface area (Å²) in [5.41, 5.74) is 2.35. The minimum Gasteiger partial charge on any atom is -0.493 e. The van der Waals surface area contributed by atoms with Gasteiger partial charge in [-0.1, -0.05) is 45.5 Å². The number of Topliss-reactive ketones (excluding diaryl/α,β-unsaturated/α-hetero) is 1. The van der Waals surface area contributed by atoms with E-state index in [0.717, 1.165) is 17.7 Å². The molecule has 2 aliphatic rings. The lowest BCUT2D eigenvalue weighted by molar-refractivity contribution is -0.118. The average molecular weight is 470 g/mol. The van der Waals surface area contributed by atoms with Crippen LogP contribution in [0, 0.1) is 5.41 Å². The quantitative estimate of drug-likeness (QED) is 0.460. The molecule has 0 spiro atoms. The number of ether oxygens (including phenoxy) is 2. The van der Waals surface area contributed by atoms with Crippen molar-refractivity contribution < 1.29 is 14.3 Å². The van der Waals surface area contributed by atoms with Gasteiger partial charge in [0, 0.05) is 28.9 Å². The molecule has 0 bridgehead atoms. The zero-order valence-corrected chi connectivity index (χ0v) is 20.8. The van der Waals surface area contributed by atoms with Gasteiger partial charge in [0.2, 0.25) is 0 Å². The smallest absolute Gasteiger partial charge is 0.257 e. The molecule has 0 amide bonds. The first-order valence-corrected chi connectivity index (χ1v) is 12.1. The summed E-state index contributed by atoms with van der Waals surface area (Å²) in [6.45, 7) is 8.39. The maximum absolute atomic E-state index is 13.4. The number of allylic oxidation sites excluding steroid dienone is 2. The normalized spacial score (nSPS) is 19.9. The first kappa shape index (κ1) is 23.4. The van der Waals surface area contributed by atoms with E-state index < -0.39 is 5.92 Å². The van der Waals surface area contributed by atoms with E-state index >= 15 is 0 Å². The van der Waals surface area contributed by atoms with Crippen molar-refractivity contribution in [2.45, 2.75) is 63.3 Å². The van der Waals surface area contributed by atoms with Crippen molar-refractivity contribution in [3.8, 4) is 11.5 Å². The van der Waals surface area contributed by atoms with Crippen LogP contribution in [0.5, 0.6) is 11.5 Å². The molecule has 2 heterocycles. The lowest BCUT2D eigenvalue weighted by atomic mass is 9.69. The predicted octanol–water partition coefficient (Wildman–Crippen LogP) is 4.88. The molecule has 176 valence electrons. The number of carbonyl (C=O) groups excluding carboxylic acids is 1. The Bertz CT molecular complexity index is 1180. The number of methoxy groups -OCH3 is 2. The molecule has 1 aromatic heterocycles. The summed E-state index contributed by atoms with van der Waals surface area (Å²) in [5.74, 6) is 1.19. The van der Waals surface area contributed by atoms with Gasteiger partial charge in [-0.15, -0.1) is 0 Å². The van der Waals surface area contributed by atoms with Crippen LogP contribution in [0.3, 0.4) is 0 Å². The van der Waals surface area contributed by atoms with Crippen LogP contribution in [-0.2, 0) is 4.79 Å². The molecular weight excluding hydrogens is 438 g/mol. The number of nitrogens with one attached hydrogen (secondary N) is 2. The van der Waals surface area contributed by atoms with Gasteiger partial charge in [0.05, 0.1) is 19.8 Å². The number of fused-ring (bicyclic) bond motifs is 1. The van der Waals surface area contributed by atoms with E-state index in [1.54, 1.807) is 26.0 Å². The highest BCUT2D eigenvalue weighted by Crippen LogP contribution is 2.48. The minimum atomic E-state index is -0.529. The Morgan fingerprint density at radius 1 is 1.18 bits per heavy atom. The monoisotopic (exact) mass is 469 g/mol. The summed E-state index contributed by atoms with van der Waals surface area (Å²) in [4.78, 5) is 34.5. The van der Waals surface area contributed by atoms with Gasteiger partial charge in [-0.25, -0.2) is 4.98 Å². The second kappa shape index (κ2) is 8.89. The molecule has 0 radical (unpaired) electrons. The van der Waals surface area contributed by atoms with E-state index in [-0.39, 0.29) is 16.8 Å². The van der Waals surface area contributed by atoms with Crippen LogP contribution in [0.2, 0.25) is 0 Å². The summed E-state index contributed by atoms with van der Waals surface area (Å²) in [7, 11) is 3.15. The number of anilines is 1. The van der Waals surface area contributed by atoms with E-state index in [9.17, 15) is 9.59 Å². The fourth-order valence-electron chi connectivity index (χ4n) is 4.59. The molecule has 1 aliphatic carbocycles. The van der Waals surface area contributed by atoms with E-state index in [2.05, 4.69) is 38.0 Å².